The SMILES string of the molecule is CC(CNCc1cc[nH]c1)CN1CCCCC1. The van der Waals surface area contributed by atoms with Gasteiger partial charge in [-0.2, -0.15) is 0 Å². The molecule has 1 aliphatic rings. The number of aromatic amines is 1. The highest BCUT2D eigenvalue weighted by atomic mass is 15.1. The number of aromatic nitrogens is 1. The maximum atomic E-state index is 3.53. The summed E-state index contributed by atoms with van der Waals surface area (Å²) in [6.07, 6.45) is 8.25. The number of nitrogens with one attached hydrogen (secondary N) is 2. The second-order valence-electron chi connectivity index (χ2n) is 5.32. The first kappa shape index (κ1) is 12.7. The summed E-state index contributed by atoms with van der Waals surface area (Å²) in [6, 6.07) is 2.13. The lowest BCUT2D eigenvalue weighted by Gasteiger charge is -2.29. The van der Waals surface area contributed by atoms with Crippen LogP contribution in [0.25, 0.3) is 0 Å². The molecule has 0 aliphatic carbocycles. The Balaban J connectivity index is 1.58. The summed E-state index contributed by atoms with van der Waals surface area (Å²) < 4.78 is 0. The fourth-order valence-electron chi connectivity index (χ4n) is 2.58. The van der Waals surface area contributed by atoms with Crippen molar-refractivity contribution in [2.45, 2.75) is 32.7 Å². The van der Waals surface area contributed by atoms with Gasteiger partial charge in [-0.05, 0) is 50.0 Å². The molecule has 1 unspecified atom stereocenters. The summed E-state index contributed by atoms with van der Waals surface area (Å²) in [7, 11) is 0. The van der Waals surface area contributed by atoms with Crippen LogP contribution in [0, 0.1) is 5.92 Å². The summed E-state index contributed by atoms with van der Waals surface area (Å²) >= 11 is 0. The van der Waals surface area contributed by atoms with E-state index in [1.807, 2.05) is 6.20 Å². The molecule has 2 N–H and O–H groups in total. The number of piperidine rings is 1. The van der Waals surface area contributed by atoms with Crippen LogP contribution in [-0.2, 0) is 6.54 Å². The third kappa shape index (κ3) is 4.52. The molecule has 0 radical (unpaired) electrons. The number of H-pyrrole nitrogens is 1. The Morgan fingerprint density at radius 3 is 2.88 bits per heavy atom. The van der Waals surface area contributed by atoms with E-state index in [2.05, 4.69) is 34.4 Å². The van der Waals surface area contributed by atoms with Gasteiger partial charge in [0.05, 0.1) is 0 Å². The Bertz CT molecular complexity index is 288. The monoisotopic (exact) mass is 235 g/mol. The molecule has 1 aliphatic heterocycles. The molecule has 1 fully saturated rings. The van der Waals surface area contributed by atoms with Crippen molar-refractivity contribution in [1.29, 1.82) is 0 Å². The van der Waals surface area contributed by atoms with Crippen LogP contribution in [-0.4, -0.2) is 36.1 Å². The van der Waals surface area contributed by atoms with E-state index in [-0.39, 0.29) is 0 Å². The van der Waals surface area contributed by atoms with Gasteiger partial charge in [-0.1, -0.05) is 13.3 Å². The quantitative estimate of drug-likeness (QED) is 0.792. The third-order valence-electron chi connectivity index (χ3n) is 3.50. The average molecular weight is 235 g/mol. The smallest absolute Gasteiger partial charge is 0.0220 e. The lowest BCUT2D eigenvalue weighted by atomic mass is 10.1. The van der Waals surface area contributed by atoms with Gasteiger partial charge in [0.1, 0.15) is 0 Å². The van der Waals surface area contributed by atoms with Crippen molar-refractivity contribution in [2.24, 2.45) is 5.92 Å². The Kier molecular flexibility index (Phi) is 5.08. The Morgan fingerprint density at radius 1 is 1.35 bits per heavy atom. The number of rotatable bonds is 6. The molecule has 1 atom stereocenters. The van der Waals surface area contributed by atoms with Gasteiger partial charge in [-0.15, -0.1) is 0 Å². The topological polar surface area (TPSA) is 31.1 Å². The van der Waals surface area contributed by atoms with Crippen molar-refractivity contribution >= 4 is 0 Å². The molecule has 1 aromatic rings. The minimum absolute atomic E-state index is 0.743. The Hall–Kier alpha value is -0.800. The van der Waals surface area contributed by atoms with Crippen molar-refractivity contribution in [1.82, 2.24) is 15.2 Å². The van der Waals surface area contributed by atoms with Gasteiger partial charge < -0.3 is 15.2 Å². The molecule has 2 rings (SSSR count). The molecule has 0 aromatic carbocycles. The van der Waals surface area contributed by atoms with Crippen LogP contribution < -0.4 is 5.32 Å². The van der Waals surface area contributed by atoms with E-state index in [1.54, 1.807) is 0 Å². The van der Waals surface area contributed by atoms with E-state index in [1.165, 1.54) is 44.5 Å². The molecule has 0 saturated carbocycles. The van der Waals surface area contributed by atoms with Crippen LogP contribution in [0.5, 0.6) is 0 Å². The summed E-state index contributed by atoms with van der Waals surface area (Å²) in [5.74, 6) is 0.743. The Morgan fingerprint density at radius 2 is 2.18 bits per heavy atom. The van der Waals surface area contributed by atoms with Crippen LogP contribution in [0.3, 0.4) is 0 Å². The van der Waals surface area contributed by atoms with Gasteiger partial charge >= 0.3 is 0 Å². The summed E-state index contributed by atoms with van der Waals surface area (Å²) in [6.45, 7) is 8.30. The van der Waals surface area contributed by atoms with Crippen LogP contribution in [0.15, 0.2) is 18.5 Å². The molecule has 1 aromatic heterocycles. The molecule has 0 amide bonds. The van der Waals surface area contributed by atoms with Crippen molar-refractivity contribution in [3.63, 3.8) is 0 Å². The highest BCUT2D eigenvalue weighted by Crippen LogP contribution is 2.10. The predicted molar refractivity (Wildman–Crippen MR) is 72.0 cm³/mol. The first-order valence-electron chi connectivity index (χ1n) is 6.89. The van der Waals surface area contributed by atoms with Crippen LogP contribution in [0.1, 0.15) is 31.7 Å². The van der Waals surface area contributed by atoms with Crippen molar-refractivity contribution < 1.29 is 0 Å². The standard InChI is InChI=1S/C14H25N3/c1-13(12-17-7-3-2-4-8-17)9-16-11-14-5-6-15-10-14/h5-6,10,13,15-16H,2-4,7-9,11-12H2,1H3. The van der Waals surface area contributed by atoms with Gasteiger partial charge in [0.15, 0.2) is 0 Å². The molecule has 2 heterocycles. The maximum absolute atomic E-state index is 3.53. The van der Waals surface area contributed by atoms with Crippen molar-refractivity contribution in [3.8, 4) is 0 Å². The minimum atomic E-state index is 0.743. The summed E-state index contributed by atoms with van der Waals surface area (Å²) in [5.41, 5.74) is 1.34. The largest absolute Gasteiger partial charge is 0.367 e. The number of likely N-dealkylation sites (tertiary alicyclic amines) is 1. The molecule has 3 heteroatoms. The average Bonchev–Trinajstić information content (AvgIpc) is 2.83. The molecular weight excluding hydrogens is 210 g/mol. The van der Waals surface area contributed by atoms with Crippen LogP contribution in [0.4, 0.5) is 0 Å². The number of hydrogen-bond donors (Lipinski definition) is 2. The normalized spacial score (nSPS) is 19.4. The maximum Gasteiger partial charge on any atom is 0.0220 e. The lowest BCUT2D eigenvalue weighted by molar-refractivity contribution is 0.199. The highest BCUT2D eigenvalue weighted by Gasteiger charge is 2.12. The van der Waals surface area contributed by atoms with E-state index in [4.69, 9.17) is 0 Å². The van der Waals surface area contributed by atoms with E-state index in [0.717, 1.165) is 19.0 Å². The molecular formula is C14H25N3. The fourth-order valence-corrected chi connectivity index (χ4v) is 2.58. The summed E-state index contributed by atoms with van der Waals surface area (Å²) in [5, 5.41) is 3.53. The van der Waals surface area contributed by atoms with Crippen molar-refractivity contribution in [3.05, 3.63) is 24.0 Å². The van der Waals surface area contributed by atoms with Crippen LogP contribution in [0.2, 0.25) is 0 Å². The van der Waals surface area contributed by atoms with Crippen LogP contribution >= 0.6 is 0 Å². The van der Waals surface area contributed by atoms with Gasteiger partial charge in [0.25, 0.3) is 0 Å². The molecule has 0 spiro atoms. The highest BCUT2D eigenvalue weighted by molar-refractivity contribution is 5.07. The fraction of sp³-hybridized carbons (Fsp3) is 0.714. The molecule has 96 valence electrons. The van der Waals surface area contributed by atoms with E-state index < -0.39 is 0 Å². The Labute approximate surface area is 105 Å². The van der Waals surface area contributed by atoms with Gasteiger partial charge in [-0.3, -0.25) is 0 Å². The van der Waals surface area contributed by atoms with Gasteiger partial charge in [0.2, 0.25) is 0 Å². The third-order valence-corrected chi connectivity index (χ3v) is 3.50. The zero-order chi connectivity index (χ0) is 11.9. The zero-order valence-corrected chi connectivity index (χ0v) is 10.9. The molecule has 1 saturated heterocycles. The predicted octanol–water partition coefficient (Wildman–Crippen LogP) is 2.23. The number of hydrogen-bond acceptors (Lipinski definition) is 2. The second-order valence-corrected chi connectivity index (χ2v) is 5.32. The van der Waals surface area contributed by atoms with E-state index >= 15 is 0 Å². The van der Waals surface area contributed by atoms with E-state index in [9.17, 15) is 0 Å². The van der Waals surface area contributed by atoms with E-state index in [0.29, 0.717) is 0 Å². The van der Waals surface area contributed by atoms with Crippen molar-refractivity contribution in [2.75, 3.05) is 26.2 Å². The second kappa shape index (κ2) is 6.82. The minimum Gasteiger partial charge on any atom is -0.367 e. The van der Waals surface area contributed by atoms with Gasteiger partial charge in [0, 0.05) is 25.5 Å². The molecule has 3 nitrogen and oxygen atoms in total. The zero-order valence-electron chi connectivity index (χ0n) is 10.9. The lowest BCUT2D eigenvalue weighted by Crippen LogP contribution is -2.36. The van der Waals surface area contributed by atoms with Gasteiger partial charge in [-0.25, -0.2) is 0 Å². The molecule has 17 heavy (non-hydrogen) atoms. The summed E-state index contributed by atoms with van der Waals surface area (Å²) in [4.78, 5) is 5.70. The number of nitrogens with zero attached hydrogens (tertiary/aromatic N) is 1. The molecule has 0 bridgehead atoms. The first-order valence-corrected chi connectivity index (χ1v) is 6.89. The first-order chi connectivity index (χ1) is 8.34.